The molecule has 2 aromatic rings. The summed E-state index contributed by atoms with van der Waals surface area (Å²) in [4.78, 5) is 31.6. The minimum atomic E-state index is -0.791. The third-order valence-corrected chi connectivity index (χ3v) is 5.48. The average molecular weight is 488 g/mol. The SMILES string of the molecule is CC(CO)N(C=N)C(=N)c1cccc(NC(=O)c2cc3c(cc2F)CCN(C(=O)OCCF)C3)n1. The summed E-state index contributed by atoms with van der Waals surface area (Å²) in [6.07, 6.45) is 0.580. The van der Waals surface area contributed by atoms with Crippen molar-refractivity contribution < 1.29 is 28.2 Å². The number of rotatable bonds is 8. The maximum absolute atomic E-state index is 14.7. The summed E-state index contributed by atoms with van der Waals surface area (Å²) >= 11 is 0. The van der Waals surface area contributed by atoms with E-state index in [0.29, 0.717) is 17.5 Å². The smallest absolute Gasteiger partial charge is 0.410 e. The summed E-state index contributed by atoms with van der Waals surface area (Å²) in [5.74, 6) is -1.60. The third kappa shape index (κ3) is 5.96. The average Bonchev–Trinajstić information content (AvgIpc) is 2.86. The molecule has 0 bridgehead atoms. The van der Waals surface area contributed by atoms with Gasteiger partial charge in [-0.25, -0.2) is 18.6 Å². The molecule has 1 aliphatic rings. The molecular formula is C23H26F2N6O4. The Hall–Kier alpha value is -3.93. The maximum atomic E-state index is 14.7. The first-order valence-electron chi connectivity index (χ1n) is 10.8. The molecule has 1 aromatic heterocycles. The molecule has 1 aliphatic heterocycles. The lowest BCUT2D eigenvalue weighted by Gasteiger charge is -2.28. The van der Waals surface area contributed by atoms with Crippen LogP contribution >= 0.6 is 0 Å². The highest BCUT2D eigenvalue weighted by Gasteiger charge is 2.25. The second-order valence-electron chi connectivity index (χ2n) is 7.85. The summed E-state index contributed by atoms with van der Waals surface area (Å²) in [5, 5.41) is 27.6. The number of hydrogen-bond donors (Lipinski definition) is 4. The molecule has 3 rings (SSSR count). The number of aromatic nitrogens is 1. The van der Waals surface area contributed by atoms with E-state index in [-0.39, 0.29) is 49.2 Å². The van der Waals surface area contributed by atoms with Crippen LogP contribution in [0.25, 0.3) is 0 Å². The van der Waals surface area contributed by atoms with Gasteiger partial charge in [0.05, 0.1) is 24.6 Å². The number of anilines is 1. The van der Waals surface area contributed by atoms with Gasteiger partial charge in [-0.15, -0.1) is 0 Å². The quantitative estimate of drug-likeness (QED) is 0.332. The molecule has 2 heterocycles. The van der Waals surface area contributed by atoms with Crippen LogP contribution in [0.1, 0.15) is 34.1 Å². The standard InChI is InChI=1S/C23H26F2N6O4/c1-14(12-32)31(13-26)21(27)19-3-2-4-20(28-19)29-22(33)17-9-16-11-30(23(34)35-8-6-24)7-5-15(16)10-18(17)25/h2-4,9-10,13-14,26-27,32H,5-8,11-12H2,1H3,(H,28,29,33). The highest BCUT2D eigenvalue weighted by Crippen LogP contribution is 2.24. The minimum absolute atomic E-state index is 0.0624. The largest absolute Gasteiger partial charge is 0.447 e. The van der Waals surface area contributed by atoms with Crippen molar-refractivity contribution in [3.63, 3.8) is 0 Å². The molecule has 0 saturated carbocycles. The number of alkyl halides is 1. The molecule has 4 N–H and O–H groups in total. The van der Waals surface area contributed by atoms with Crippen LogP contribution in [-0.4, -0.2) is 76.5 Å². The Labute approximate surface area is 200 Å². The van der Waals surface area contributed by atoms with Crippen LogP contribution in [0.5, 0.6) is 0 Å². The normalized spacial score (nSPS) is 13.4. The maximum Gasteiger partial charge on any atom is 0.410 e. The predicted octanol–water partition coefficient (Wildman–Crippen LogP) is 2.55. The zero-order valence-electron chi connectivity index (χ0n) is 19.1. The Kier molecular flexibility index (Phi) is 8.42. The van der Waals surface area contributed by atoms with Crippen molar-refractivity contribution in [1.29, 1.82) is 10.8 Å². The zero-order chi connectivity index (χ0) is 25.5. The van der Waals surface area contributed by atoms with Crippen molar-refractivity contribution >= 4 is 30.0 Å². The van der Waals surface area contributed by atoms with Gasteiger partial charge in [0, 0.05) is 13.1 Å². The van der Waals surface area contributed by atoms with E-state index in [1.54, 1.807) is 13.0 Å². The molecule has 1 aromatic carbocycles. The molecule has 12 heteroatoms. The van der Waals surface area contributed by atoms with Crippen LogP contribution in [0, 0.1) is 16.6 Å². The van der Waals surface area contributed by atoms with Gasteiger partial charge >= 0.3 is 6.09 Å². The summed E-state index contributed by atoms with van der Waals surface area (Å²) in [7, 11) is 0. The fourth-order valence-electron chi connectivity index (χ4n) is 3.58. The van der Waals surface area contributed by atoms with Gasteiger partial charge < -0.3 is 25.0 Å². The van der Waals surface area contributed by atoms with Crippen LogP contribution in [0.3, 0.4) is 0 Å². The van der Waals surface area contributed by atoms with Gasteiger partial charge in [0.15, 0.2) is 5.84 Å². The number of amidine groups is 1. The topological polar surface area (TPSA) is 143 Å². The van der Waals surface area contributed by atoms with E-state index in [1.807, 2.05) is 0 Å². The Morgan fingerprint density at radius 2 is 2.14 bits per heavy atom. The Morgan fingerprint density at radius 3 is 2.83 bits per heavy atom. The van der Waals surface area contributed by atoms with Crippen LogP contribution in [-0.2, 0) is 17.7 Å². The van der Waals surface area contributed by atoms with E-state index in [9.17, 15) is 23.5 Å². The van der Waals surface area contributed by atoms with Crippen LogP contribution in [0.2, 0.25) is 0 Å². The highest BCUT2D eigenvalue weighted by atomic mass is 19.1. The number of aliphatic hydroxyl groups excluding tert-OH is 1. The third-order valence-electron chi connectivity index (χ3n) is 5.48. The van der Waals surface area contributed by atoms with E-state index in [0.717, 1.165) is 6.34 Å². The molecule has 0 saturated heterocycles. The number of nitrogens with zero attached hydrogens (tertiary/aromatic N) is 3. The molecule has 1 atom stereocenters. The van der Waals surface area contributed by atoms with Crippen molar-refractivity contribution in [2.75, 3.05) is 31.7 Å². The number of ether oxygens (including phenoxy) is 1. The van der Waals surface area contributed by atoms with Gasteiger partial charge in [-0.1, -0.05) is 6.07 Å². The van der Waals surface area contributed by atoms with Crippen LogP contribution < -0.4 is 5.32 Å². The fourth-order valence-corrected chi connectivity index (χ4v) is 3.58. The molecule has 10 nitrogen and oxygen atoms in total. The molecule has 0 aliphatic carbocycles. The molecule has 35 heavy (non-hydrogen) atoms. The van der Waals surface area contributed by atoms with E-state index in [2.05, 4.69) is 10.3 Å². The van der Waals surface area contributed by atoms with E-state index >= 15 is 0 Å². The number of benzene rings is 1. The second kappa shape index (κ2) is 11.5. The molecule has 0 radical (unpaired) electrons. The van der Waals surface area contributed by atoms with Gasteiger partial charge in [-0.3, -0.25) is 15.6 Å². The summed E-state index contributed by atoms with van der Waals surface area (Å²) in [5.41, 5.74) is 1.12. The van der Waals surface area contributed by atoms with Crippen molar-refractivity contribution in [1.82, 2.24) is 14.8 Å². The number of hydrogen-bond acceptors (Lipinski definition) is 7. The molecule has 0 fully saturated rings. The van der Waals surface area contributed by atoms with Gasteiger partial charge in [0.25, 0.3) is 5.91 Å². The van der Waals surface area contributed by atoms with Crippen molar-refractivity contribution in [3.8, 4) is 0 Å². The van der Waals surface area contributed by atoms with Crippen molar-refractivity contribution in [2.24, 2.45) is 0 Å². The molecule has 0 spiro atoms. The summed E-state index contributed by atoms with van der Waals surface area (Å²) < 4.78 is 31.8. The van der Waals surface area contributed by atoms with Gasteiger partial charge in [-0.2, -0.15) is 0 Å². The number of carbonyl (C=O) groups is 2. The lowest BCUT2D eigenvalue weighted by Crippen LogP contribution is -2.39. The Balaban J connectivity index is 1.78. The minimum Gasteiger partial charge on any atom is -0.447 e. The number of amides is 2. The Bertz CT molecular complexity index is 1130. The number of carbonyl (C=O) groups excluding carboxylic acids is 2. The monoisotopic (exact) mass is 488 g/mol. The van der Waals surface area contributed by atoms with E-state index in [4.69, 9.17) is 15.6 Å². The van der Waals surface area contributed by atoms with Crippen LogP contribution in [0.4, 0.5) is 19.4 Å². The summed E-state index contributed by atoms with van der Waals surface area (Å²) in [6.45, 7) is 0.587. The molecule has 186 valence electrons. The Morgan fingerprint density at radius 1 is 1.37 bits per heavy atom. The molecule has 2 amide bonds. The van der Waals surface area contributed by atoms with Gasteiger partial charge in [0.2, 0.25) is 0 Å². The lowest BCUT2D eigenvalue weighted by molar-refractivity contribution is 0.0921. The van der Waals surface area contributed by atoms with Gasteiger partial charge in [-0.05, 0) is 48.7 Å². The van der Waals surface area contributed by atoms with Crippen molar-refractivity contribution in [2.45, 2.75) is 25.9 Å². The second-order valence-corrected chi connectivity index (χ2v) is 7.85. The first-order chi connectivity index (χ1) is 16.8. The van der Waals surface area contributed by atoms with Gasteiger partial charge in [0.1, 0.15) is 30.6 Å². The summed E-state index contributed by atoms with van der Waals surface area (Å²) in [6, 6.07) is 6.61. The fraction of sp³-hybridized carbons (Fsp3) is 0.348. The zero-order valence-corrected chi connectivity index (χ0v) is 19.1. The molecule has 1 unspecified atom stereocenters. The first-order valence-corrected chi connectivity index (χ1v) is 10.8. The van der Waals surface area contributed by atoms with Crippen molar-refractivity contribution in [3.05, 3.63) is 58.5 Å². The highest BCUT2D eigenvalue weighted by molar-refractivity contribution is 6.05. The molecular weight excluding hydrogens is 462 g/mol. The first kappa shape index (κ1) is 25.7. The predicted molar refractivity (Wildman–Crippen MR) is 124 cm³/mol. The number of aliphatic hydroxyl groups is 1. The van der Waals surface area contributed by atoms with E-state index in [1.165, 1.54) is 34.1 Å². The van der Waals surface area contributed by atoms with Crippen LogP contribution in [0.15, 0.2) is 30.3 Å². The number of halogens is 2. The lowest BCUT2D eigenvalue weighted by atomic mass is 9.97. The van der Waals surface area contributed by atoms with E-state index < -0.39 is 30.5 Å². The number of nitrogens with one attached hydrogen (secondary N) is 3. The number of pyridine rings is 1. The number of fused-ring (bicyclic) bond motifs is 1.